The first-order valence-electron chi connectivity index (χ1n) is 10.6. The lowest BCUT2D eigenvalue weighted by Gasteiger charge is -2.32. The fourth-order valence-corrected chi connectivity index (χ4v) is 4.19. The van der Waals surface area contributed by atoms with Crippen LogP contribution in [0.1, 0.15) is 41.9 Å². The molecule has 1 aliphatic carbocycles. The summed E-state index contributed by atoms with van der Waals surface area (Å²) in [6.45, 7) is 2.81. The minimum absolute atomic E-state index is 0.114. The number of ether oxygens (including phenoxy) is 1. The molecule has 0 unspecified atom stereocenters. The van der Waals surface area contributed by atoms with Crippen molar-refractivity contribution >= 4 is 41.0 Å². The number of aromatic nitrogens is 2. The first-order chi connectivity index (χ1) is 15.4. The highest BCUT2D eigenvalue weighted by molar-refractivity contribution is 6.30. The second-order valence-corrected chi connectivity index (χ2v) is 8.40. The van der Waals surface area contributed by atoms with Crippen molar-refractivity contribution in [2.75, 3.05) is 23.8 Å². The molecule has 1 aliphatic heterocycles. The minimum Gasteiger partial charge on any atom is -0.448 e. The number of anilines is 2. The summed E-state index contributed by atoms with van der Waals surface area (Å²) in [6.07, 6.45) is 3.98. The summed E-state index contributed by atoms with van der Waals surface area (Å²) in [5, 5.41) is 6.00. The number of nitrogens with zero attached hydrogens (tertiary/aromatic N) is 3. The van der Waals surface area contributed by atoms with Gasteiger partial charge >= 0.3 is 6.09 Å². The molecule has 1 saturated carbocycles. The average Bonchev–Trinajstić information content (AvgIpc) is 3.22. The normalized spacial score (nSPS) is 20.6. The van der Waals surface area contributed by atoms with Crippen LogP contribution in [0.3, 0.4) is 0 Å². The summed E-state index contributed by atoms with van der Waals surface area (Å²) in [7, 11) is 0. The van der Waals surface area contributed by atoms with Crippen LogP contribution in [-0.2, 0) is 9.53 Å². The molecule has 2 N–H and O–H groups in total. The monoisotopic (exact) mass is 457 g/mol. The van der Waals surface area contributed by atoms with E-state index in [4.69, 9.17) is 16.3 Å². The molecule has 3 amide bonds. The number of carbonyl (C=O) groups excluding carboxylic acids is 3. The number of rotatable bonds is 5. The summed E-state index contributed by atoms with van der Waals surface area (Å²) >= 11 is 5.83. The van der Waals surface area contributed by atoms with Crippen molar-refractivity contribution in [3.63, 3.8) is 0 Å². The molecule has 0 radical (unpaired) electrons. The number of hydrogen-bond donors (Lipinski definition) is 2. The predicted molar refractivity (Wildman–Crippen MR) is 119 cm³/mol. The average molecular weight is 458 g/mol. The lowest BCUT2D eigenvalue weighted by Crippen LogP contribution is -2.40. The maximum atomic E-state index is 12.9. The first kappa shape index (κ1) is 22.0. The largest absolute Gasteiger partial charge is 0.448 e. The van der Waals surface area contributed by atoms with Gasteiger partial charge < -0.3 is 20.3 Å². The van der Waals surface area contributed by atoms with Crippen LogP contribution in [0.15, 0.2) is 30.5 Å². The summed E-state index contributed by atoms with van der Waals surface area (Å²) < 4.78 is 5.02. The van der Waals surface area contributed by atoms with E-state index in [1.807, 2.05) is 0 Å². The number of pyridine rings is 2. The van der Waals surface area contributed by atoms with Crippen molar-refractivity contribution in [2.45, 2.75) is 38.6 Å². The van der Waals surface area contributed by atoms with E-state index in [-0.39, 0.29) is 29.7 Å². The number of nitrogens with one attached hydrogen (secondary N) is 2. The van der Waals surface area contributed by atoms with Crippen LogP contribution in [0.25, 0.3) is 0 Å². The third-order valence-corrected chi connectivity index (χ3v) is 6.00. The Labute approximate surface area is 190 Å². The van der Waals surface area contributed by atoms with Crippen molar-refractivity contribution in [1.29, 1.82) is 0 Å². The lowest BCUT2D eigenvalue weighted by molar-refractivity contribution is -0.121. The van der Waals surface area contributed by atoms with Crippen molar-refractivity contribution in [1.82, 2.24) is 14.9 Å². The van der Waals surface area contributed by atoms with E-state index in [0.29, 0.717) is 48.2 Å². The predicted octanol–water partition coefficient (Wildman–Crippen LogP) is 3.64. The molecule has 1 saturated heterocycles. The van der Waals surface area contributed by atoms with Crippen molar-refractivity contribution in [2.24, 2.45) is 5.92 Å². The zero-order chi connectivity index (χ0) is 22.7. The highest BCUT2D eigenvalue weighted by atomic mass is 35.5. The second-order valence-electron chi connectivity index (χ2n) is 7.97. The molecule has 0 aromatic carbocycles. The summed E-state index contributed by atoms with van der Waals surface area (Å²) in [5.41, 5.74) is 1.11. The van der Waals surface area contributed by atoms with Gasteiger partial charge in [-0.3, -0.25) is 9.59 Å². The number of amides is 3. The van der Waals surface area contributed by atoms with Gasteiger partial charge in [-0.2, -0.15) is 0 Å². The molecule has 4 rings (SSSR count). The maximum Gasteiger partial charge on any atom is 0.410 e. The van der Waals surface area contributed by atoms with Gasteiger partial charge in [-0.25, -0.2) is 14.8 Å². The number of hydrogen-bond acceptors (Lipinski definition) is 6. The quantitative estimate of drug-likeness (QED) is 0.708. The van der Waals surface area contributed by atoms with Crippen LogP contribution in [0, 0.1) is 12.8 Å². The van der Waals surface area contributed by atoms with Gasteiger partial charge in [0.2, 0.25) is 5.91 Å². The third-order valence-electron chi connectivity index (χ3n) is 5.78. The Bertz CT molecular complexity index is 1020. The summed E-state index contributed by atoms with van der Waals surface area (Å²) in [5.74, 6) is -0.495. The van der Waals surface area contributed by atoms with Gasteiger partial charge in [0, 0.05) is 23.9 Å². The smallest absolute Gasteiger partial charge is 0.410 e. The van der Waals surface area contributed by atoms with Gasteiger partial charge in [0.1, 0.15) is 12.4 Å². The van der Waals surface area contributed by atoms with E-state index >= 15 is 0 Å². The van der Waals surface area contributed by atoms with Crippen LogP contribution in [0.2, 0.25) is 5.02 Å². The molecule has 2 fully saturated rings. The summed E-state index contributed by atoms with van der Waals surface area (Å²) in [6, 6.07) is 6.74. The molecule has 0 atom stereocenters. The topological polar surface area (TPSA) is 114 Å². The maximum absolute atomic E-state index is 12.9. The van der Waals surface area contributed by atoms with E-state index in [9.17, 15) is 14.4 Å². The van der Waals surface area contributed by atoms with Crippen LogP contribution in [-0.4, -0.2) is 52.0 Å². The van der Waals surface area contributed by atoms with Gasteiger partial charge in [0.05, 0.1) is 17.3 Å². The van der Waals surface area contributed by atoms with Crippen molar-refractivity contribution in [3.8, 4) is 0 Å². The Morgan fingerprint density at radius 2 is 1.91 bits per heavy atom. The Kier molecular flexibility index (Phi) is 6.55. The molecule has 2 aliphatic rings. The number of cyclic esters (lactones) is 1. The lowest BCUT2D eigenvalue weighted by atomic mass is 9.85. The van der Waals surface area contributed by atoms with E-state index in [2.05, 4.69) is 20.6 Å². The standard InChI is InChI=1S/C22H24ClN5O4/c1-13-2-8-17(19(25-13)21(30)27-18-9-5-15(23)12-24-18)26-20(29)14-3-6-16(7-4-14)28-10-11-32-22(28)31/h2,5,8-9,12,14,16H,3-4,6-7,10-11H2,1H3,(H,26,29)(H,24,27,30)/t14-,16-. The Morgan fingerprint density at radius 3 is 2.56 bits per heavy atom. The van der Waals surface area contributed by atoms with Gasteiger partial charge in [0.25, 0.3) is 5.91 Å². The zero-order valence-electron chi connectivity index (χ0n) is 17.6. The molecular weight excluding hydrogens is 434 g/mol. The SMILES string of the molecule is Cc1ccc(NC(=O)[C@H]2CC[C@H](N3CCOC3=O)CC2)c(C(=O)Nc2ccc(Cl)cn2)n1. The third kappa shape index (κ3) is 4.99. The van der Waals surface area contributed by atoms with E-state index in [1.54, 1.807) is 36.1 Å². The zero-order valence-corrected chi connectivity index (χ0v) is 18.4. The Hall–Kier alpha value is -3.20. The van der Waals surface area contributed by atoms with Crippen LogP contribution < -0.4 is 10.6 Å². The van der Waals surface area contributed by atoms with Crippen LogP contribution in [0.4, 0.5) is 16.3 Å². The molecule has 10 heteroatoms. The summed E-state index contributed by atoms with van der Waals surface area (Å²) in [4.78, 5) is 47.6. The highest BCUT2D eigenvalue weighted by Gasteiger charge is 2.34. The Morgan fingerprint density at radius 1 is 1.12 bits per heavy atom. The van der Waals surface area contributed by atoms with E-state index in [1.165, 1.54) is 6.20 Å². The van der Waals surface area contributed by atoms with Crippen molar-refractivity contribution in [3.05, 3.63) is 46.9 Å². The fourth-order valence-electron chi connectivity index (χ4n) is 4.08. The molecule has 3 heterocycles. The van der Waals surface area contributed by atoms with Crippen LogP contribution >= 0.6 is 11.6 Å². The molecule has 9 nitrogen and oxygen atoms in total. The molecule has 0 bridgehead atoms. The number of halogens is 1. The van der Waals surface area contributed by atoms with Gasteiger partial charge in [0.15, 0.2) is 5.69 Å². The second kappa shape index (κ2) is 9.52. The minimum atomic E-state index is -0.477. The van der Waals surface area contributed by atoms with Gasteiger partial charge in [-0.1, -0.05) is 11.6 Å². The first-order valence-corrected chi connectivity index (χ1v) is 10.9. The van der Waals surface area contributed by atoms with Gasteiger partial charge in [-0.05, 0) is 56.9 Å². The molecule has 32 heavy (non-hydrogen) atoms. The Balaban J connectivity index is 1.40. The van der Waals surface area contributed by atoms with Gasteiger partial charge in [-0.15, -0.1) is 0 Å². The molecule has 0 spiro atoms. The van der Waals surface area contributed by atoms with E-state index < -0.39 is 5.91 Å². The number of carbonyl (C=O) groups is 3. The highest BCUT2D eigenvalue weighted by Crippen LogP contribution is 2.30. The molecule has 2 aromatic heterocycles. The van der Waals surface area contributed by atoms with E-state index in [0.717, 1.165) is 12.8 Å². The van der Waals surface area contributed by atoms with Crippen LogP contribution in [0.5, 0.6) is 0 Å². The fraction of sp³-hybridized carbons (Fsp3) is 0.409. The molecular formula is C22H24ClN5O4. The molecule has 2 aromatic rings. The van der Waals surface area contributed by atoms with Crippen molar-refractivity contribution < 1.29 is 19.1 Å². The molecule has 168 valence electrons. The number of aryl methyl sites for hydroxylation is 1.